The fraction of sp³-hybridized carbons (Fsp3) is 0.700. The predicted octanol–water partition coefficient (Wildman–Crippen LogP) is 1.67. The molecule has 0 saturated carbocycles. The molecule has 0 saturated heterocycles. The van der Waals surface area contributed by atoms with E-state index in [2.05, 4.69) is 28.0 Å². The van der Waals surface area contributed by atoms with E-state index in [1.54, 1.807) is 20.4 Å². The molecule has 0 spiro atoms. The maximum atomic E-state index is 6.10. The second-order valence-electron chi connectivity index (χ2n) is 3.47. The Hall–Kier alpha value is -0.430. The average Bonchev–Trinajstić information content (AvgIpc) is 2.62. The molecular formula is C10H18BrN3O2. The summed E-state index contributed by atoms with van der Waals surface area (Å²) in [5, 5.41) is 4.26. The summed E-state index contributed by atoms with van der Waals surface area (Å²) in [6.07, 6.45) is 2.27. The average molecular weight is 292 g/mol. The molecule has 0 radical (unpaired) electrons. The van der Waals surface area contributed by atoms with Crippen molar-refractivity contribution in [3.8, 4) is 0 Å². The standard InChI is InChI=1S/C10H18BrN3O2/c1-4-5-14-9(7(11)6-13-14)8(12)10(15-2)16-3/h6,8,10H,4-5,12H2,1-3H3. The molecule has 0 aliphatic heterocycles. The molecular weight excluding hydrogens is 274 g/mol. The lowest BCUT2D eigenvalue weighted by Gasteiger charge is -2.22. The van der Waals surface area contributed by atoms with Crippen molar-refractivity contribution in [3.05, 3.63) is 16.4 Å². The molecule has 1 heterocycles. The molecule has 1 unspecified atom stereocenters. The SMILES string of the molecule is CCCn1ncc(Br)c1C(N)C(OC)OC. The Morgan fingerprint density at radius 3 is 2.62 bits per heavy atom. The Bertz CT molecular complexity index is 326. The normalized spacial score (nSPS) is 13.4. The van der Waals surface area contributed by atoms with Gasteiger partial charge in [0.2, 0.25) is 0 Å². The zero-order valence-electron chi connectivity index (χ0n) is 9.81. The number of nitrogens with zero attached hydrogens (tertiary/aromatic N) is 2. The molecule has 1 rings (SSSR count). The van der Waals surface area contributed by atoms with Gasteiger partial charge in [0.1, 0.15) is 0 Å². The highest BCUT2D eigenvalue weighted by Gasteiger charge is 2.24. The summed E-state index contributed by atoms with van der Waals surface area (Å²) in [5.74, 6) is 0. The van der Waals surface area contributed by atoms with Gasteiger partial charge < -0.3 is 15.2 Å². The van der Waals surface area contributed by atoms with E-state index in [0.717, 1.165) is 23.1 Å². The van der Waals surface area contributed by atoms with Gasteiger partial charge in [-0.05, 0) is 22.4 Å². The molecule has 1 aromatic rings. The lowest BCUT2D eigenvalue weighted by molar-refractivity contribution is -0.118. The number of aryl methyl sites for hydroxylation is 1. The molecule has 16 heavy (non-hydrogen) atoms. The monoisotopic (exact) mass is 291 g/mol. The minimum atomic E-state index is -0.469. The fourth-order valence-electron chi connectivity index (χ4n) is 1.61. The van der Waals surface area contributed by atoms with E-state index in [0.29, 0.717) is 0 Å². The zero-order chi connectivity index (χ0) is 12.1. The van der Waals surface area contributed by atoms with Crippen LogP contribution in [0.5, 0.6) is 0 Å². The van der Waals surface area contributed by atoms with Crippen LogP contribution in [0.4, 0.5) is 0 Å². The number of ether oxygens (including phenoxy) is 2. The van der Waals surface area contributed by atoms with Crippen LogP contribution in [0.25, 0.3) is 0 Å². The van der Waals surface area contributed by atoms with Gasteiger partial charge in [0.05, 0.1) is 22.4 Å². The lowest BCUT2D eigenvalue weighted by atomic mass is 10.2. The summed E-state index contributed by atoms with van der Waals surface area (Å²) in [4.78, 5) is 0. The summed E-state index contributed by atoms with van der Waals surface area (Å²) in [6, 6.07) is -0.363. The highest BCUT2D eigenvalue weighted by molar-refractivity contribution is 9.10. The second-order valence-corrected chi connectivity index (χ2v) is 4.32. The van der Waals surface area contributed by atoms with Crippen LogP contribution < -0.4 is 5.73 Å². The molecule has 0 aliphatic rings. The summed E-state index contributed by atoms with van der Waals surface area (Å²) in [7, 11) is 3.14. The molecule has 1 atom stereocenters. The van der Waals surface area contributed by atoms with Crippen molar-refractivity contribution in [2.75, 3.05) is 14.2 Å². The third-order valence-electron chi connectivity index (χ3n) is 2.34. The van der Waals surface area contributed by atoms with Gasteiger partial charge in [0, 0.05) is 20.8 Å². The maximum absolute atomic E-state index is 6.10. The summed E-state index contributed by atoms with van der Waals surface area (Å²) in [5.41, 5.74) is 6.99. The van der Waals surface area contributed by atoms with Crippen LogP contribution in [-0.4, -0.2) is 30.3 Å². The fourth-order valence-corrected chi connectivity index (χ4v) is 2.17. The van der Waals surface area contributed by atoms with Crippen molar-refractivity contribution in [1.82, 2.24) is 9.78 Å². The van der Waals surface area contributed by atoms with E-state index in [-0.39, 0.29) is 6.04 Å². The second kappa shape index (κ2) is 6.34. The Morgan fingerprint density at radius 1 is 1.50 bits per heavy atom. The van der Waals surface area contributed by atoms with Crippen LogP contribution in [0.15, 0.2) is 10.7 Å². The Kier molecular flexibility index (Phi) is 5.40. The molecule has 92 valence electrons. The highest BCUT2D eigenvalue weighted by atomic mass is 79.9. The molecule has 6 heteroatoms. The van der Waals surface area contributed by atoms with Gasteiger partial charge in [0.25, 0.3) is 0 Å². The molecule has 2 N–H and O–H groups in total. The van der Waals surface area contributed by atoms with Crippen LogP contribution in [0.2, 0.25) is 0 Å². The predicted molar refractivity (Wildman–Crippen MR) is 65.0 cm³/mol. The van der Waals surface area contributed by atoms with Gasteiger partial charge in [-0.15, -0.1) is 0 Å². The van der Waals surface area contributed by atoms with Gasteiger partial charge in [-0.25, -0.2) is 0 Å². The van der Waals surface area contributed by atoms with Crippen LogP contribution >= 0.6 is 15.9 Å². The van der Waals surface area contributed by atoms with Crippen LogP contribution in [0, 0.1) is 0 Å². The molecule has 0 amide bonds. The van der Waals surface area contributed by atoms with Crippen molar-refractivity contribution in [2.24, 2.45) is 5.73 Å². The first kappa shape index (κ1) is 13.6. The van der Waals surface area contributed by atoms with E-state index in [1.165, 1.54) is 0 Å². The number of halogens is 1. The smallest absolute Gasteiger partial charge is 0.177 e. The third-order valence-corrected chi connectivity index (χ3v) is 2.95. The number of nitrogens with two attached hydrogens (primary N) is 1. The molecule has 0 aliphatic carbocycles. The van der Waals surface area contributed by atoms with Gasteiger partial charge >= 0.3 is 0 Å². The Labute approximate surface area is 104 Å². The first-order chi connectivity index (χ1) is 7.65. The number of hydrogen-bond donors (Lipinski definition) is 1. The quantitative estimate of drug-likeness (QED) is 0.810. The summed E-state index contributed by atoms with van der Waals surface area (Å²) >= 11 is 3.44. The van der Waals surface area contributed by atoms with Gasteiger partial charge in [-0.1, -0.05) is 6.92 Å². The van der Waals surface area contributed by atoms with E-state index in [9.17, 15) is 0 Å². The van der Waals surface area contributed by atoms with Gasteiger partial charge in [0.15, 0.2) is 6.29 Å². The summed E-state index contributed by atoms with van der Waals surface area (Å²) in [6.45, 7) is 2.92. The lowest BCUT2D eigenvalue weighted by Crippen LogP contribution is -2.32. The van der Waals surface area contributed by atoms with Crippen LogP contribution in [-0.2, 0) is 16.0 Å². The van der Waals surface area contributed by atoms with Crippen LogP contribution in [0.3, 0.4) is 0 Å². The molecule has 0 bridgehead atoms. The van der Waals surface area contributed by atoms with E-state index in [1.807, 2.05) is 4.68 Å². The largest absolute Gasteiger partial charge is 0.354 e. The van der Waals surface area contributed by atoms with Crippen molar-refractivity contribution in [1.29, 1.82) is 0 Å². The van der Waals surface area contributed by atoms with Crippen molar-refractivity contribution >= 4 is 15.9 Å². The molecule has 1 aromatic heterocycles. The number of hydrogen-bond acceptors (Lipinski definition) is 4. The summed E-state index contributed by atoms with van der Waals surface area (Å²) < 4.78 is 13.1. The first-order valence-corrected chi connectivity index (χ1v) is 5.97. The Balaban J connectivity index is 2.95. The van der Waals surface area contributed by atoms with Crippen molar-refractivity contribution in [2.45, 2.75) is 32.2 Å². The number of aromatic nitrogens is 2. The van der Waals surface area contributed by atoms with Crippen LogP contribution in [0.1, 0.15) is 25.1 Å². The topological polar surface area (TPSA) is 62.3 Å². The highest BCUT2D eigenvalue weighted by Crippen LogP contribution is 2.25. The minimum Gasteiger partial charge on any atom is -0.354 e. The van der Waals surface area contributed by atoms with E-state index < -0.39 is 6.29 Å². The molecule has 0 aromatic carbocycles. The first-order valence-electron chi connectivity index (χ1n) is 5.18. The molecule has 0 fully saturated rings. The Morgan fingerprint density at radius 2 is 2.12 bits per heavy atom. The maximum Gasteiger partial charge on any atom is 0.177 e. The van der Waals surface area contributed by atoms with E-state index in [4.69, 9.17) is 15.2 Å². The van der Waals surface area contributed by atoms with Gasteiger partial charge in [-0.2, -0.15) is 5.10 Å². The molecule has 5 nitrogen and oxygen atoms in total. The van der Waals surface area contributed by atoms with Gasteiger partial charge in [-0.3, -0.25) is 4.68 Å². The zero-order valence-corrected chi connectivity index (χ0v) is 11.4. The minimum absolute atomic E-state index is 0.363. The third kappa shape index (κ3) is 2.82. The van der Waals surface area contributed by atoms with Crippen molar-refractivity contribution < 1.29 is 9.47 Å². The number of rotatable bonds is 6. The van der Waals surface area contributed by atoms with E-state index >= 15 is 0 Å². The van der Waals surface area contributed by atoms with Crippen molar-refractivity contribution in [3.63, 3.8) is 0 Å². The number of methoxy groups -OCH3 is 2.